The second-order valence-corrected chi connectivity index (χ2v) is 16.3. The molecule has 0 saturated carbocycles. The topological polar surface area (TPSA) is 0 Å². The molecule has 0 amide bonds. The third-order valence-electron chi connectivity index (χ3n) is 8.84. The molecule has 0 unspecified atom stereocenters. The van der Waals surface area contributed by atoms with Crippen LogP contribution >= 0.6 is 11.6 Å². The maximum atomic E-state index is 6.09. The molecule has 0 aromatic heterocycles. The van der Waals surface area contributed by atoms with E-state index in [0.29, 0.717) is 0 Å². The van der Waals surface area contributed by atoms with Crippen LogP contribution < -0.4 is 0 Å². The Bertz CT molecular complexity index is 1910. The van der Waals surface area contributed by atoms with Crippen LogP contribution in [0, 0.1) is 26.0 Å². The van der Waals surface area contributed by atoms with Crippen molar-refractivity contribution in [2.24, 2.45) is 0 Å². The molecule has 7 rings (SSSR count). The summed E-state index contributed by atoms with van der Waals surface area (Å²) in [6.07, 6.45) is 11.0. The summed E-state index contributed by atoms with van der Waals surface area (Å²) in [5, 5.41) is 3.37. The zero-order valence-electron chi connectivity index (χ0n) is 29.1. The second-order valence-electron chi connectivity index (χ2n) is 14.6. The van der Waals surface area contributed by atoms with Crippen molar-refractivity contribution >= 4 is 25.6 Å². The van der Waals surface area contributed by atoms with Gasteiger partial charge in [-0.05, 0) is 35.4 Å². The fraction of sp³-hybridized carbons (Fsp3) is 0.267. The second kappa shape index (κ2) is 14.6. The minimum absolute atomic E-state index is 0.163. The van der Waals surface area contributed by atoms with E-state index in [4.69, 9.17) is 11.6 Å². The summed E-state index contributed by atoms with van der Waals surface area (Å²) in [5.41, 5.74) is 14.1. The van der Waals surface area contributed by atoms with E-state index in [2.05, 4.69) is 140 Å². The maximum Gasteiger partial charge on any atom is -0.109 e. The van der Waals surface area contributed by atoms with Gasteiger partial charge in [0.25, 0.3) is 0 Å². The number of rotatable bonds is 2. The molecule has 0 saturated heterocycles. The van der Waals surface area contributed by atoms with Gasteiger partial charge in [-0.25, -0.2) is 12.2 Å². The molecule has 236 valence electrons. The molecule has 2 aliphatic carbocycles. The van der Waals surface area contributed by atoms with Gasteiger partial charge >= 0.3 is 133 Å². The SMILES string of the molecule is Cc1[c-]c2c(cc1C(C)(C)C)-c1cc(C(C)(C)C)c(C)cc1C2.Clc1cccc([C](=[Zr+2])c2cccc3ccccc23)c1.[C-]1=CC=CC1. The van der Waals surface area contributed by atoms with Crippen LogP contribution in [-0.2, 0) is 41.5 Å². The van der Waals surface area contributed by atoms with Crippen LogP contribution in [-0.4, -0.2) is 3.21 Å². The quantitative estimate of drug-likeness (QED) is 0.157. The summed E-state index contributed by atoms with van der Waals surface area (Å²) in [7, 11) is 0. The molecule has 47 heavy (non-hydrogen) atoms. The molecule has 2 aliphatic rings. The molecule has 0 atom stereocenters. The first-order valence-corrected chi connectivity index (χ1v) is 18.1. The summed E-state index contributed by atoms with van der Waals surface area (Å²) >= 11 is 7.49. The molecule has 0 radical (unpaired) electrons. The molecular weight excluding hydrogens is 667 g/mol. The first kappa shape index (κ1) is 35.2. The number of fused-ring (bicyclic) bond motifs is 4. The van der Waals surface area contributed by atoms with Gasteiger partial charge < -0.3 is 0 Å². The number of hydrogen-bond acceptors (Lipinski definition) is 0. The molecule has 5 aromatic rings. The van der Waals surface area contributed by atoms with Crippen molar-refractivity contribution in [3.8, 4) is 11.1 Å². The average molecular weight is 713 g/mol. The Morgan fingerprint density at radius 1 is 0.766 bits per heavy atom. The number of allylic oxidation sites excluding steroid dienone is 4. The smallest absolute Gasteiger partial charge is 0.109 e. The molecule has 2 heteroatoms. The third-order valence-corrected chi connectivity index (χ3v) is 10.4. The first-order valence-electron chi connectivity index (χ1n) is 16.5. The summed E-state index contributed by atoms with van der Waals surface area (Å²) in [6.45, 7) is 18.2. The van der Waals surface area contributed by atoms with Gasteiger partial charge in [-0.2, -0.15) is 23.8 Å². The largest absolute Gasteiger partial charge is 0.273 e. The minimum atomic E-state index is 0.163. The first-order chi connectivity index (χ1) is 22.2. The Morgan fingerprint density at radius 2 is 1.45 bits per heavy atom. The fourth-order valence-electron chi connectivity index (χ4n) is 6.61. The van der Waals surface area contributed by atoms with E-state index in [1.807, 2.05) is 30.4 Å². The van der Waals surface area contributed by atoms with Gasteiger partial charge in [-0.15, -0.1) is 23.1 Å². The molecule has 0 fully saturated rings. The fourth-order valence-corrected chi connectivity index (χ4v) is 7.71. The molecule has 0 bridgehead atoms. The van der Waals surface area contributed by atoms with Crippen LogP contribution in [0.2, 0.25) is 5.02 Å². The number of aryl methyl sites for hydroxylation is 2. The van der Waals surface area contributed by atoms with E-state index in [0.717, 1.165) is 17.9 Å². The van der Waals surface area contributed by atoms with Crippen molar-refractivity contribution in [1.82, 2.24) is 0 Å². The number of halogens is 1. The van der Waals surface area contributed by atoms with Gasteiger partial charge in [0.05, 0.1) is 0 Å². The third kappa shape index (κ3) is 8.31. The van der Waals surface area contributed by atoms with Crippen molar-refractivity contribution in [1.29, 1.82) is 0 Å². The van der Waals surface area contributed by atoms with Gasteiger partial charge in [0.2, 0.25) is 0 Å². The minimum Gasteiger partial charge on any atom is -0.273 e. The van der Waals surface area contributed by atoms with Gasteiger partial charge in [0.15, 0.2) is 0 Å². The molecule has 0 spiro atoms. The maximum absolute atomic E-state index is 6.09. The Hall–Kier alpha value is -3.12. The normalized spacial score (nSPS) is 13.0. The molecule has 0 nitrogen and oxygen atoms in total. The number of hydrogen-bond donors (Lipinski definition) is 0. The summed E-state index contributed by atoms with van der Waals surface area (Å²) in [5.74, 6) is 0. The van der Waals surface area contributed by atoms with Crippen molar-refractivity contribution in [3.63, 3.8) is 0 Å². The van der Waals surface area contributed by atoms with Crippen molar-refractivity contribution in [2.45, 2.75) is 79.1 Å². The van der Waals surface area contributed by atoms with E-state index < -0.39 is 0 Å². The van der Waals surface area contributed by atoms with Gasteiger partial charge in [-0.3, -0.25) is 6.08 Å². The molecule has 5 aromatic carbocycles. The van der Waals surface area contributed by atoms with Crippen LogP contribution in [0.15, 0.2) is 103 Å². The van der Waals surface area contributed by atoms with Crippen LogP contribution in [0.4, 0.5) is 0 Å². The van der Waals surface area contributed by atoms with Crippen LogP contribution in [0.25, 0.3) is 21.9 Å². The van der Waals surface area contributed by atoms with Crippen molar-refractivity contribution < 1.29 is 24.2 Å². The van der Waals surface area contributed by atoms with E-state index in [1.165, 1.54) is 93.8 Å². The Balaban J connectivity index is 0.000000162. The van der Waals surface area contributed by atoms with Gasteiger partial charge in [0.1, 0.15) is 0 Å². The summed E-state index contributed by atoms with van der Waals surface area (Å²) < 4.78 is 1.34. The van der Waals surface area contributed by atoms with Crippen LogP contribution in [0.1, 0.15) is 92.5 Å². The van der Waals surface area contributed by atoms with Crippen molar-refractivity contribution in [2.75, 3.05) is 0 Å². The molecule has 0 N–H and O–H groups in total. The van der Waals surface area contributed by atoms with Gasteiger partial charge in [0, 0.05) is 0 Å². The summed E-state index contributed by atoms with van der Waals surface area (Å²) in [6, 6.07) is 34.0. The van der Waals surface area contributed by atoms with Gasteiger partial charge in [-0.1, -0.05) is 71.6 Å². The zero-order valence-corrected chi connectivity index (χ0v) is 32.3. The molecule has 0 heterocycles. The number of benzene rings is 5. The Labute approximate surface area is 302 Å². The zero-order chi connectivity index (χ0) is 33.9. The van der Waals surface area contributed by atoms with E-state index in [9.17, 15) is 0 Å². The van der Waals surface area contributed by atoms with Crippen LogP contribution in [0.3, 0.4) is 0 Å². The predicted molar refractivity (Wildman–Crippen MR) is 201 cm³/mol. The molecular formula is C45H45ClZr. The monoisotopic (exact) mass is 710 g/mol. The average Bonchev–Trinajstić information content (AvgIpc) is 3.70. The Kier molecular flexibility index (Phi) is 10.9. The standard InChI is InChI=1S/C23H29.C17H11Cl.C5H5.Zr/c1-14-9-16-11-17-10-15(2)21(23(6,7)8)13-19(17)18(16)12-20(14)22(3,4)5;18-16-9-3-5-13(12-16)11-15-8-4-7-14-6-1-2-10-17(14)15;1-2-4-5-3-1;/h9,12-13H,11H2,1-8H3;1-10,12H;1-3H,4H2;/q-1;;-1;+2. The molecule has 0 aliphatic heterocycles. The Morgan fingerprint density at radius 3 is 2.09 bits per heavy atom. The van der Waals surface area contributed by atoms with Crippen LogP contribution in [0.5, 0.6) is 0 Å². The summed E-state index contributed by atoms with van der Waals surface area (Å²) in [4.78, 5) is 0. The predicted octanol–water partition coefficient (Wildman–Crippen LogP) is 12.2. The van der Waals surface area contributed by atoms with E-state index >= 15 is 0 Å². The van der Waals surface area contributed by atoms with Crippen molar-refractivity contribution in [3.05, 3.63) is 165 Å². The van der Waals surface area contributed by atoms with E-state index in [-0.39, 0.29) is 10.8 Å². The van der Waals surface area contributed by atoms with E-state index in [1.54, 1.807) is 0 Å².